The van der Waals surface area contributed by atoms with E-state index in [1.165, 1.54) is 33.3 Å². The first-order valence-corrected chi connectivity index (χ1v) is 15.3. The summed E-state index contributed by atoms with van der Waals surface area (Å²) in [5.74, 6) is 1.79. The Bertz CT molecular complexity index is 1430. The average Bonchev–Trinajstić information content (AvgIpc) is 3.77. The maximum Gasteiger partial charge on any atom is 0.247 e. The zero-order chi connectivity index (χ0) is 28.3. The molecule has 2 unspecified atom stereocenters. The molecule has 4 amide bonds. The first-order valence-electron chi connectivity index (χ1n) is 13.2. The Morgan fingerprint density at radius 3 is 1.39 bits per heavy atom. The van der Waals surface area contributed by atoms with Crippen LogP contribution < -0.4 is 9.80 Å². The molecule has 2 aliphatic heterocycles. The fourth-order valence-electron chi connectivity index (χ4n) is 4.93. The van der Waals surface area contributed by atoms with Gasteiger partial charge >= 0.3 is 0 Å². The average molecular weight is 587 g/mol. The zero-order valence-corrected chi connectivity index (χ0v) is 23.6. The van der Waals surface area contributed by atoms with Gasteiger partial charge in [-0.3, -0.25) is 19.2 Å². The van der Waals surface area contributed by atoms with Crippen LogP contribution in [0.2, 0.25) is 0 Å². The van der Waals surface area contributed by atoms with E-state index in [4.69, 9.17) is 8.83 Å². The lowest BCUT2D eigenvalue weighted by molar-refractivity contribution is -0.122. The molecule has 0 aliphatic carbocycles. The first-order chi connectivity index (χ1) is 20.0. The van der Waals surface area contributed by atoms with E-state index in [0.29, 0.717) is 29.3 Å². The molecule has 6 rings (SSSR count). The number of amides is 4. The van der Waals surface area contributed by atoms with Gasteiger partial charge in [0.25, 0.3) is 0 Å². The van der Waals surface area contributed by atoms with Gasteiger partial charge < -0.3 is 8.83 Å². The summed E-state index contributed by atoms with van der Waals surface area (Å²) < 4.78 is 10.7. The van der Waals surface area contributed by atoms with Gasteiger partial charge in [0.05, 0.1) is 45.9 Å². The highest BCUT2D eigenvalue weighted by molar-refractivity contribution is 8.00. The van der Waals surface area contributed by atoms with Gasteiger partial charge in [-0.05, 0) is 66.1 Å². The largest absolute Gasteiger partial charge is 0.468 e. The number of hydrogen-bond donors (Lipinski definition) is 0. The van der Waals surface area contributed by atoms with E-state index in [1.54, 1.807) is 48.9 Å². The molecule has 4 heterocycles. The number of benzene rings is 2. The lowest BCUT2D eigenvalue weighted by atomic mass is 10.0. The number of hydrogen-bond acceptors (Lipinski definition) is 8. The van der Waals surface area contributed by atoms with Gasteiger partial charge in [-0.2, -0.15) is 0 Å². The van der Waals surface area contributed by atoms with E-state index < -0.39 is 10.5 Å². The summed E-state index contributed by atoms with van der Waals surface area (Å²) in [6.45, 7) is 0. The number of carbonyl (C=O) groups is 4. The molecular formula is C31H26N2O6S2. The van der Waals surface area contributed by atoms with Crippen molar-refractivity contribution >= 4 is 58.5 Å². The smallest absolute Gasteiger partial charge is 0.247 e. The molecule has 2 atom stereocenters. The Kier molecular flexibility index (Phi) is 7.84. The highest BCUT2D eigenvalue weighted by Crippen LogP contribution is 2.33. The van der Waals surface area contributed by atoms with Gasteiger partial charge in [0, 0.05) is 12.8 Å². The minimum Gasteiger partial charge on any atom is -0.468 e. The highest BCUT2D eigenvalue weighted by Gasteiger charge is 2.41. The van der Waals surface area contributed by atoms with Gasteiger partial charge in [-0.1, -0.05) is 24.3 Å². The molecule has 0 spiro atoms. The van der Waals surface area contributed by atoms with Gasteiger partial charge in [0.15, 0.2) is 0 Å². The van der Waals surface area contributed by atoms with Crippen molar-refractivity contribution in [2.24, 2.45) is 0 Å². The molecule has 0 N–H and O–H groups in total. The van der Waals surface area contributed by atoms with Crippen molar-refractivity contribution in [3.8, 4) is 0 Å². The van der Waals surface area contributed by atoms with Crippen molar-refractivity contribution in [3.63, 3.8) is 0 Å². The third-order valence-electron chi connectivity index (χ3n) is 7.02. The van der Waals surface area contributed by atoms with E-state index >= 15 is 0 Å². The Morgan fingerprint density at radius 1 is 0.610 bits per heavy atom. The molecule has 41 heavy (non-hydrogen) atoms. The molecular weight excluding hydrogens is 560 g/mol. The van der Waals surface area contributed by atoms with E-state index in [-0.39, 0.29) is 36.5 Å². The molecule has 0 saturated carbocycles. The monoisotopic (exact) mass is 586 g/mol. The molecule has 10 heteroatoms. The normalized spacial score (nSPS) is 19.1. The van der Waals surface area contributed by atoms with E-state index in [1.807, 2.05) is 36.4 Å². The maximum atomic E-state index is 12.9. The second kappa shape index (κ2) is 11.8. The fraction of sp³-hybridized carbons (Fsp3) is 0.226. The Hall–Kier alpha value is -4.02. The minimum atomic E-state index is -0.426. The number of carbonyl (C=O) groups excluding carboxylic acids is 4. The predicted molar refractivity (Wildman–Crippen MR) is 157 cm³/mol. The topological polar surface area (TPSA) is 101 Å². The summed E-state index contributed by atoms with van der Waals surface area (Å²) >= 11 is 2.83. The zero-order valence-electron chi connectivity index (χ0n) is 21.9. The van der Waals surface area contributed by atoms with Crippen LogP contribution in [0, 0.1) is 0 Å². The van der Waals surface area contributed by atoms with Crippen LogP contribution in [0.25, 0.3) is 0 Å². The van der Waals surface area contributed by atoms with Crippen LogP contribution >= 0.6 is 23.5 Å². The molecule has 208 valence electrons. The van der Waals surface area contributed by atoms with Crippen molar-refractivity contribution in [2.45, 2.75) is 41.3 Å². The molecule has 2 saturated heterocycles. The van der Waals surface area contributed by atoms with Crippen LogP contribution in [0.3, 0.4) is 0 Å². The summed E-state index contributed by atoms with van der Waals surface area (Å²) in [5.41, 5.74) is 3.13. The van der Waals surface area contributed by atoms with Gasteiger partial charge in [-0.15, -0.1) is 23.5 Å². The summed E-state index contributed by atoms with van der Waals surface area (Å²) in [7, 11) is 0. The summed E-state index contributed by atoms with van der Waals surface area (Å²) in [6, 6.07) is 22.1. The summed E-state index contributed by atoms with van der Waals surface area (Å²) in [6.07, 6.45) is 4.14. The maximum absolute atomic E-state index is 12.9. The molecule has 2 fully saturated rings. The van der Waals surface area contributed by atoms with Crippen LogP contribution in [-0.2, 0) is 37.1 Å². The lowest BCUT2D eigenvalue weighted by Gasteiger charge is -2.16. The number of furan rings is 2. The standard InChI is InChI=1S/C31H26N2O6S2/c34-28-16-26(40-18-24-3-1-13-38-24)30(36)32(28)22-9-5-20(6-10-22)15-21-7-11-23(12-8-21)33-29(35)17-27(31(33)37)41-19-25-4-2-14-39-25/h1-14,26-27H,15-19H2. The SMILES string of the molecule is O=C1CC(SCc2ccco2)C(=O)N1c1ccc(Cc2ccc(N3C(=O)CC(SCc4ccco4)C3=O)cc2)cc1. The highest BCUT2D eigenvalue weighted by atomic mass is 32.2. The minimum absolute atomic E-state index is 0.170. The van der Waals surface area contributed by atoms with Crippen LogP contribution in [0.5, 0.6) is 0 Å². The molecule has 0 bridgehead atoms. The quantitative estimate of drug-likeness (QED) is 0.222. The molecule has 2 aliphatic rings. The number of imide groups is 2. The van der Waals surface area contributed by atoms with Crippen LogP contribution in [-0.4, -0.2) is 34.1 Å². The Balaban J connectivity index is 1.05. The van der Waals surface area contributed by atoms with E-state index in [9.17, 15) is 19.2 Å². The van der Waals surface area contributed by atoms with Gasteiger partial charge in [-0.25, -0.2) is 9.80 Å². The molecule has 2 aromatic heterocycles. The second-order valence-corrected chi connectivity index (χ2v) is 12.2. The van der Waals surface area contributed by atoms with E-state index in [2.05, 4.69) is 0 Å². The van der Waals surface area contributed by atoms with Crippen LogP contribution in [0.15, 0.2) is 94.2 Å². The molecule has 4 aromatic rings. The third kappa shape index (κ3) is 5.89. The third-order valence-corrected chi connectivity index (χ3v) is 9.47. The van der Waals surface area contributed by atoms with Crippen LogP contribution in [0.4, 0.5) is 11.4 Å². The van der Waals surface area contributed by atoms with Gasteiger partial charge in [0.1, 0.15) is 11.5 Å². The Labute approximate surface area is 245 Å². The van der Waals surface area contributed by atoms with Crippen molar-refractivity contribution < 1.29 is 28.0 Å². The molecule has 0 radical (unpaired) electrons. The predicted octanol–water partition coefficient (Wildman–Crippen LogP) is 5.59. The lowest BCUT2D eigenvalue weighted by Crippen LogP contribution is -2.31. The van der Waals surface area contributed by atoms with Crippen molar-refractivity contribution in [1.82, 2.24) is 0 Å². The number of nitrogens with zero attached hydrogens (tertiary/aromatic N) is 2. The van der Waals surface area contributed by atoms with Gasteiger partial charge in [0.2, 0.25) is 23.6 Å². The Morgan fingerprint density at radius 2 is 1.02 bits per heavy atom. The summed E-state index contributed by atoms with van der Waals surface area (Å²) in [5, 5.41) is -0.852. The van der Waals surface area contributed by atoms with Crippen LogP contribution in [0.1, 0.15) is 35.5 Å². The number of anilines is 2. The molecule has 2 aromatic carbocycles. The van der Waals surface area contributed by atoms with Crippen molar-refractivity contribution in [3.05, 3.63) is 108 Å². The molecule has 8 nitrogen and oxygen atoms in total. The fourth-order valence-corrected chi connectivity index (χ4v) is 7.00. The van der Waals surface area contributed by atoms with E-state index in [0.717, 1.165) is 22.6 Å². The number of thioether (sulfide) groups is 2. The first kappa shape index (κ1) is 27.2. The second-order valence-electron chi connectivity index (χ2n) is 9.81. The number of rotatable bonds is 10. The van der Waals surface area contributed by atoms with Crippen molar-refractivity contribution in [2.75, 3.05) is 9.80 Å². The summed E-state index contributed by atoms with van der Waals surface area (Å²) in [4.78, 5) is 53.7. The van der Waals surface area contributed by atoms with Crippen molar-refractivity contribution in [1.29, 1.82) is 0 Å².